The van der Waals surface area contributed by atoms with Gasteiger partial charge in [-0.25, -0.2) is 4.98 Å². The number of aromatic amines is 1. The normalized spacial score (nSPS) is 9.25. The molecule has 1 N–H and O–H groups in total. The molecule has 0 fully saturated rings. The maximum atomic E-state index is 4.15. The van der Waals surface area contributed by atoms with Crippen molar-refractivity contribution in [2.45, 2.75) is 20.8 Å². The second-order valence-corrected chi connectivity index (χ2v) is 2.23. The van der Waals surface area contributed by atoms with E-state index in [4.69, 9.17) is 0 Å². The Morgan fingerprint density at radius 2 is 1.83 bits per heavy atom. The first-order valence-electron chi connectivity index (χ1n) is 4.12. The van der Waals surface area contributed by atoms with E-state index in [2.05, 4.69) is 15.0 Å². The minimum atomic E-state index is 0.861. The fourth-order valence-electron chi connectivity index (χ4n) is 0.977. The zero-order valence-electron chi connectivity index (χ0n) is 7.63. The molecule has 0 amide bonds. The van der Waals surface area contributed by atoms with Crippen LogP contribution >= 0.6 is 0 Å². The summed E-state index contributed by atoms with van der Waals surface area (Å²) in [5, 5.41) is 0. The van der Waals surface area contributed by atoms with Gasteiger partial charge in [0.05, 0.1) is 0 Å². The van der Waals surface area contributed by atoms with Gasteiger partial charge in [-0.3, -0.25) is 4.98 Å². The Labute approximate surface area is 71.9 Å². The molecule has 0 atom stereocenters. The highest BCUT2D eigenvalue weighted by Gasteiger charge is 1.97. The summed E-state index contributed by atoms with van der Waals surface area (Å²) < 4.78 is 0. The number of fused-ring (bicyclic) bond motifs is 1. The van der Waals surface area contributed by atoms with Crippen molar-refractivity contribution >= 4 is 11.2 Å². The van der Waals surface area contributed by atoms with E-state index in [0.717, 1.165) is 16.7 Å². The lowest BCUT2D eigenvalue weighted by molar-refractivity contribution is 1.26. The molecule has 0 aliphatic rings. The highest BCUT2D eigenvalue weighted by atomic mass is 14.9. The van der Waals surface area contributed by atoms with Crippen LogP contribution in [0, 0.1) is 6.92 Å². The molecule has 0 spiro atoms. The number of aromatic nitrogens is 3. The molecule has 2 heterocycles. The van der Waals surface area contributed by atoms with Crippen LogP contribution < -0.4 is 0 Å². The average molecular weight is 163 g/mol. The van der Waals surface area contributed by atoms with Crippen molar-refractivity contribution in [2.24, 2.45) is 0 Å². The zero-order valence-corrected chi connectivity index (χ0v) is 7.63. The van der Waals surface area contributed by atoms with Crippen molar-refractivity contribution in [3.63, 3.8) is 0 Å². The largest absolute Gasteiger partial charge is 0.345 e. The summed E-state index contributed by atoms with van der Waals surface area (Å²) in [5.41, 5.74) is 2.96. The van der Waals surface area contributed by atoms with Gasteiger partial charge in [-0.2, -0.15) is 0 Å². The van der Waals surface area contributed by atoms with E-state index in [1.165, 1.54) is 0 Å². The lowest BCUT2D eigenvalue weighted by Gasteiger charge is -1.85. The molecule has 12 heavy (non-hydrogen) atoms. The first-order chi connectivity index (χ1) is 5.88. The van der Waals surface area contributed by atoms with Gasteiger partial charge >= 0.3 is 0 Å². The summed E-state index contributed by atoms with van der Waals surface area (Å²) in [6, 6.07) is 0. The predicted octanol–water partition coefficient (Wildman–Crippen LogP) is 2.29. The van der Waals surface area contributed by atoms with Gasteiger partial charge in [0.15, 0.2) is 5.65 Å². The van der Waals surface area contributed by atoms with Gasteiger partial charge in [-0.15, -0.1) is 0 Å². The van der Waals surface area contributed by atoms with Gasteiger partial charge in [-0.05, 0) is 12.5 Å². The lowest BCUT2D eigenvalue weighted by Crippen LogP contribution is -1.77. The summed E-state index contributed by atoms with van der Waals surface area (Å²) >= 11 is 0. The topological polar surface area (TPSA) is 41.6 Å². The molecule has 0 saturated carbocycles. The van der Waals surface area contributed by atoms with E-state index in [0.29, 0.717) is 0 Å². The lowest BCUT2D eigenvalue weighted by atomic mass is 10.3. The van der Waals surface area contributed by atoms with Crippen molar-refractivity contribution in [3.05, 3.63) is 24.2 Å². The number of nitrogens with one attached hydrogen (secondary N) is 1. The van der Waals surface area contributed by atoms with E-state index in [-0.39, 0.29) is 0 Å². The molecule has 2 rings (SSSR count). The van der Waals surface area contributed by atoms with Crippen molar-refractivity contribution in [1.82, 2.24) is 15.0 Å². The molecule has 0 bridgehead atoms. The Morgan fingerprint density at radius 3 is 2.50 bits per heavy atom. The molecule has 0 aromatic carbocycles. The number of H-pyrrole nitrogens is 1. The van der Waals surface area contributed by atoms with Crippen LogP contribution in [0.15, 0.2) is 18.6 Å². The second kappa shape index (κ2) is 3.85. The van der Waals surface area contributed by atoms with Crippen molar-refractivity contribution in [3.8, 4) is 0 Å². The summed E-state index contributed by atoms with van der Waals surface area (Å²) in [6.07, 6.45) is 5.28. The Hall–Kier alpha value is -1.38. The van der Waals surface area contributed by atoms with E-state index < -0.39 is 0 Å². The molecular weight excluding hydrogens is 150 g/mol. The zero-order chi connectivity index (χ0) is 8.97. The molecule has 64 valence electrons. The Bertz CT molecular complexity index is 351. The quantitative estimate of drug-likeness (QED) is 0.647. The molecule has 2 aromatic rings. The Balaban J connectivity index is 0.000000336. The summed E-state index contributed by atoms with van der Waals surface area (Å²) in [7, 11) is 0. The van der Waals surface area contributed by atoms with Crippen LogP contribution in [0.5, 0.6) is 0 Å². The van der Waals surface area contributed by atoms with Gasteiger partial charge < -0.3 is 4.98 Å². The maximum absolute atomic E-state index is 4.15. The third-order valence-electron chi connectivity index (χ3n) is 1.50. The fraction of sp³-hybridized carbons (Fsp3) is 0.333. The SMILES string of the molecule is CC.Cc1c[nH]c2nccnc12. The molecule has 0 saturated heterocycles. The fourth-order valence-corrected chi connectivity index (χ4v) is 0.977. The first-order valence-corrected chi connectivity index (χ1v) is 4.12. The van der Waals surface area contributed by atoms with Gasteiger partial charge in [-0.1, -0.05) is 13.8 Å². The molecule has 0 aliphatic carbocycles. The Morgan fingerprint density at radius 1 is 1.17 bits per heavy atom. The van der Waals surface area contributed by atoms with Gasteiger partial charge in [0.1, 0.15) is 5.52 Å². The molecule has 2 aromatic heterocycles. The molecule has 3 nitrogen and oxygen atoms in total. The van der Waals surface area contributed by atoms with Crippen LogP contribution in [0.2, 0.25) is 0 Å². The minimum absolute atomic E-state index is 0.861. The minimum Gasteiger partial charge on any atom is -0.345 e. The first kappa shape index (κ1) is 8.71. The molecule has 0 aliphatic heterocycles. The Kier molecular flexibility index (Phi) is 2.80. The van der Waals surface area contributed by atoms with E-state index in [1.54, 1.807) is 12.4 Å². The third-order valence-corrected chi connectivity index (χ3v) is 1.50. The van der Waals surface area contributed by atoms with Crippen LogP contribution in [-0.2, 0) is 0 Å². The van der Waals surface area contributed by atoms with Crippen LogP contribution in [0.3, 0.4) is 0 Å². The van der Waals surface area contributed by atoms with E-state index in [9.17, 15) is 0 Å². The average Bonchev–Trinajstić information content (AvgIpc) is 2.53. The number of nitrogens with zero attached hydrogens (tertiary/aromatic N) is 2. The molecule has 0 unspecified atom stereocenters. The highest BCUT2D eigenvalue weighted by Crippen LogP contribution is 2.09. The molecule has 3 heteroatoms. The number of hydrogen-bond donors (Lipinski definition) is 1. The summed E-state index contributed by atoms with van der Waals surface area (Å²) in [6.45, 7) is 6.01. The van der Waals surface area contributed by atoms with Crippen molar-refractivity contribution in [1.29, 1.82) is 0 Å². The summed E-state index contributed by atoms with van der Waals surface area (Å²) in [4.78, 5) is 11.2. The third kappa shape index (κ3) is 1.44. The smallest absolute Gasteiger partial charge is 0.156 e. The second-order valence-electron chi connectivity index (χ2n) is 2.23. The molecular formula is C9H13N3. The summed E-state index contributed by atoms with van der Waals surface area (Å²) in [5.74, 6) is 0. The van der Waals surface area contributed by atoms with Crippen LogP contribution in [-0.4, -0.2) is 15.0 Å². The maximum Gasteiger partial charge on any atom is 0.156 e. The van der Waals surface area contributed by atoms with E-state index in [1.807, 2.05) is 27.0 Å². The molecule has 0 radical (unpaired) electrons. The number of hydrogen-bond acceptors (Lipinski definition) is 2. The van der Waals surface area contributed by atoms with Gasteiger partial charge in [0, 0.05) is 18.6 Å². The van der Waals surface area contributed by atoms with Crippen LogP contribution in [0.4, 0.5) is 0 Å². The van der Waals surface area contributed by atoms with E-state index >= 15 is 0 Å². The monoisotopic (exact) mass is 163 g/mol. The van der Waals surface area contributed by atoms with Gasteiger partial charge in [0.2, 0.25) is 0 Å². The van der Waals surface area contributed by atoms with Gasteiger partial charge in [0.25, 0.3) is 0 Å². The van der Waals surface area contributed by atoms with Crippen molar-refractivity contribution in [2.75, 3.05) is 0 Å². The number of aryl methyl sites for hydroxylation is 1. The van der Waals surface area contributed by atoms with Crippen LogP contribution in [0.1, 0.15) is 19.4 Å². The standard InChI is InChI=1S/C7H7N3.C2H6/c1-5-4-10-7-6(5)8-2-3-9-7;1-2/h2-4H,1H3,(H,9,10);1-2H3. The van der Waals surface area contributed by atoms with Crippen LogP contribution in [0.25, 0.3) is 11.2 Å². The highest BCUT2D eigenvalue weighted by molar-refractivity contribution is 5.73. The predicted molar refractivity (Wildman–Crippen MR) is 50.0 cm³/mol. The van der Waals surface area contributed by atoms with Crippen molar-refractivity contribution < 1.29 is 0 Å². The number of rotatable bonds is 0.